The first-order chi connectivity index (χ1) is 12.2. The van der Waals surface area contributed by atoms with Crippen molar-refractivity contribution in [3.05, 3.63) is 59.9 Å². The van der Waals surface area contributed by atoms with Gasteiger partial charge in [-0.3, -0.25) is 4.79 Å². The Kier molecular flexibility index (Phi) is 7.76. The van der Waals surface area contributed by atoms with E-state index in [2.05, 4.69) is 5.32 Å². The van der Waals surface area contributed by atoms with E-state index in [4.69, 9.17) is 9.47 Å². The molecule has 0 spiro atoms. The second kappa shape index (κ2) is 10.3. The van der Waals surface area contributed by atoms with Crippen LogP contribution in [-0.4, -0.2) is 25.7 Å². The molecule has 0 radical (unpaired) electrons. The van der Waals surface area contributed by atoms with Gasteiger partial charge in [0.05, 0.1) is 19.6 Å². The quantitative estimate of drug-likeness (QED) is 0.667. The summed E-state index contributed by atoms with van der Waals surface area (Å²) in [6.07, 6.45) is 2.01. The minimum atomic E-state index is -0.275. The van der Waals surface area contributed by atoms with Crippen LogP contribution in [0.3, 0.4) is 0 Å². The van der Waals surface area contributed by atoms with Crippen LogP contribution in [0.1, 0.15) is 25.3 Å². The highest BCUT2D eigenvalue weighted by Crippen LogP contribution is 2.13. The Morgan fingerprint density at radius 2 is 1.60 bits per heavy atom. The van der Waals surface area contributed by atoms with Crippen LogP contribution in [0.25, 0.3) is 0 Å². The molecule has 0 aliphatic rings. The molecular weight excluding hydrogens is 321 g/mol. The number of unbranched alkanes of at least 4 members (excludes halogenated alkanes) is 1. The highest BCUT2D eigenvalue weighted by Gasteiger charge is 2.03. The lowest BCUT2D eigenvalue weighted by Crippen LogP contribution is -2.26. The van der Waals surface area contributed by atoms with Crippen molar-refractivity contribution in [1.82, 2.24) is 5.32 Å². The molecule has 2 aromatic rings. The number of benzene rings is 2. The molecule has 0 aliphatic heterocycles. The number of halogens is 1. The third-order valence-electron chi connectivity index (χ3n) is 3.57. The maximum absolute atomic E-state index is 12.8. The van der Waals surface area contributed by atoms with Crippen LogP contribution in [0.4, 0.5) is 4.39 Å². The summed E-state index contributed by atoms with van der Waals surface area (Å²) in [4.78, 5) is 11.9. The molecule has 25 heavy (non-hydrogen) atoms. The zero-order chi connectivity index (χ0) is 17.9. The van der Waals surface area contributed by atoms with E-state index in [1.54, 1.807) is 12.1 Å². The van der Waals surface area contributed by atoms with Gasteiger partial charge in [0.2, 0.25) is 5.91 Å². The normalized spacial score (nSPS) is 10.3. The van der Waals surface area contributed by atoms with Gasteiger partial charge < -0.3 is 14.8 Å². The maximum atomic E-state index is 12.8. The van der Waals surface area contributed by atoms with Crippen molar-refractivity contribution in [3.8, 4) is 11.5 Å². The fourth-order valence-electron chi connectivity index (χ4n) is 2.29. The molecular formula is C20H24FNO3. The van der Waals surface area contributed by atoms with Gasteiger partial charge in [0.1, 0.15) is 17.3 Å². The summed E-state index contributed by atoms with van der Waals surface area (Å²) in [7, 11) is 0. The van der Waals surface area contributed by atoms with E-state index in [-0.39, 0.29) is 11.7 Å². The smallest absolute Gasteiger partial charge is 0.224 e. The van der Waals surface area contributed by atoms with Gasteiger partial charge in [-0.1, -0.05) is 12.1 Å². The first kappa shape index (κ1) is 18.8. The van der Waals surface area contributed by atoms with Crippen LogP contribution >= 0.6 is 0 Å². The van der Waals surface area contributed by atoms with Crippen LogP contribution < -0.4 is 14.8 Å². The average molecular weight is 345 g/mol. The lowest BCUT2D eigenvalue weighted by atomic mass is 10.1. The summed E-state index contributed by atoms with van der Waals surface area (Å²) in [6.45, 7) is 3.72. The van der Waals surface area contributed by atoms with E-state index in [1.807, 2.05) is 31.2 Å². The van der Waals surface area contributed by atoms with E-state index in [0.717, 1.165) is 24.2 Å². The molecule has 0 fully saturated rings. The molecule has 0 saturated heterocycles. The number of ether oxygens (including phenoxy) is 2. The molecule has 0 bridgehead atoms. The van der Waals surface area contributed by atoms with Crippen molar-refractivity contribution >= 4 is 5.91 Å². The van der Waals surface area contributed by atoms with Crippen molar-refractivity contribution in [2.75, 3.05) is 19.8 Å². The van der Waals surface area contributed by atoms with Crippen molar-refractivity contribution < 1.29 is 18.7 Å². The Balaban J connectivity index is 1.56. The topological polar surface area (TPSA) is 47.6 Å². The van der Waals surface area contributed by atoms with Crippen LogP contribution in [-0.2, 0) is 11.2 Å². The van der Waals surface area contributed by atoms with Crippen molar-refractivity contribution in [2.24, 2.45) is 0 Å². The first-order valence-corrected chi connectivity index (χ1v) is 8.54. The predicted octanol–water partition coefficient (Wildman–Crippen LogP) is 3.74. The van der Waals surface area contributed by atoms with Gasteiger partial charge in [-0.25, -0.2) is 4.39 Å². The molecule has 0 saturated carbocycles. The van der Waals surface area contributed by atoms with Crippen molar-refractivity contribution in [3.63, 3.8) is 0 Å². The predicted molar refractivity (Wildman–Crippen MR) is 95.5 cm³/mol. The van der Waals surface area contributed by atoms with Crippen molar-refractivity contribution in [2.45, 2.75) is 26.2 Å². The molecule has 2 rings (SSSR count). The van der Waals surface area contributed by atoms with Gasteiger partial charge in [-0.2, -0.15) is 0 Å². The summed E-state index contributed by atoms with van der Waals surface area (Å²) in [5.41, 5.74) is 0.959. The monoisotopic (exact) mass is 345 g/mol. The van der Waals surface area contributed by atoms with E-state index in [1.165, 1.54) is 12.1 Å². The van der Waals surface area contributed by atoms with Gasteiger partial charge in [-0.05, 0) is 61.7 Å². The number of amides is 1. The molecule has 0 unspecified atom stereocenters. The number of carbonyl (C=O) groups excluding carboxylic acids is 1. The minimum Gasteiger partial charge on any atom is -0.494 e. The summed E-state index contributed by atoms with van der Waals surface area (Å²) < 4.78 is 23.6. The minimum absolute atomic E-state index is 0.00335. The van der Waals surface area contributed by atoms with Crippen LogP contribution in [0, 0.1) is 5.82 Å². The van der Waals surface area contributed by atoms with Gasteiger partial charge in [0, 0.05) is 6.54 Å². The number of hydrogen-bond donors (Lipinski definition) is 1. The zero-order valence-corrected chi connectivity index (χ0v) is 14.5. The van der Waals surface area contributed by atoms with Gasteiger partial charge in [-0.15, -0.1) is 0 Å². The molecule has 0 heterocycles. The highest BCUT2D eigenvalue weighted by atomic mass is 19.1. The third kappa shape index (κ3) is 7.25. The van der Waals surface area contributed by atoms with E-state index in [9.17, 15) is 9.18 Å². The Labute approximate surface area is 148 Å². The highest BCUT2D eigenvalue weighted by molar-refractivity contribution is 5.78. The molecule has 1 N–H and O–H groups in total. The summed E-state index contributed by atoms with van der Waals surface area (Å²) in [5, 5.41) is 2.90. The van der Waals surface area contributed by atoms with Gasteiger partial charge >= 0.3 is 0 Å². The molecule has 4 nitrogen and oxygen atoms in total. The number of carbonyl (C=O) groups is 1. The SMILES string of the molecule is CCOc1ccc(CC(=O)NCCCCOc2ccc(F)cc2)cc1. The summed E-state index contributed by atoms with van der Waals surface area (Å²) in [5.74, 6) is 1.19. The Morgan fingerprint density at radius 1 is 0.960 bits per heavy atom. The van der Waals surface area contributed by atoms with Crippen molar-refractivity contribution in [1.29, 1.82) is 0 Å². The fourth-order valence-corrected chi connectivity index (χ4v) is 2.29. The molecule has 5 heteroatoms. The number of nitrogens with one attached hydrogen (secondary N) is 1. The lowest BCUT2D eigenvalue weighted by molar-refractivity contribution is -0.120. The van der Waals surface area contributed by atoms with Gasteiger partial charge in [0.25, 0.3) is 0 Å². The van der Waals surface area contributed by atoms with E-state index >= 15 is 0 Å². The second-order valence-corrected chi connectivity index (χ2v) is 5.61. The number of hydrogen-bond acceptors (Lipinski definition) is 3. The van der Waals surface area contributed by atoms with Crippen LogP contribution in [0.2, 0.25) is 0 Å². The average Bonchev–Trinajstić information content (AvgIpc) is 2.61. The molecule has 1 amide bonds. The maximum Gasteiger partial charge on any atom is 0.224 e. The Bertz CT molecular complexity index is 641. The first-order valence-electron chi connectivity index (χ1n) is 8.54. The number of rotatable bonds is 10. The van der Waals surface area contributed by atoms with Gasteiger partial charge in [0.15, 0.2) is 0 Å². The van der Waals surface area contributed by atoms with Crippen LogP contribution in [0.5, 0.6) is 11.5 Å². The fraction of sp³-hybridized carbons (Fsp3) is 0.350. The molecule has 0 aliphatic carbocycles. The Morgan fingerprint density at radius 3 is 2.28 bits per heavy atom. The van der Waals surface area contributed by atoms with Crippen LogP contribution in [0.15, 0.2) is 48.5 Å². The summed E-state index contributed by atoms with van der Waals surface area (Å²) in [6, 6.07) is 13.5. The van der Waals surface area contributed by atoms with E-state index < -0.39 is 0 Å². The zero-order valence-electron chi connectivity index (χ0n) is 14.5. The molecule has 134 valence electrons. The standard InChI is InChI=1S/C20H24FNO3/c1-2-24-18-9-5-16(6-10-18)15-20(23)22-13-3-4-14-25-19-11-7-17(21)8-12-19/h5-12H,2-4,13-15H2,1H3,(H,22,23). The van der Waals surface area contributed by atoms with E-state index in [0.29, 0.717) is 31.9 Å². The second-order valence-electron chi connectivity index (χ2n) is 5.61. The molecule has 2 aromatic carbocycles. The largest absolute Gasteiger partial charge is 0.494 e. The third-order valence-corrected chi connectivity index (χ3v) is 3.57. The molecule has 0 atom stereocenters. The Hall–Kier alpha value is -2.56. The summed E-state index contributed by atoms with van der Waals surface area (Å²) >= 11 is 0. The molecule has 0 aromatic heterocycles. The lowest BCUT2D eigenvalue weighted by Gasteiger charge is -2.08.